The van der Waals surface area contributed by atoms with Crippen molar-refractivity contribution < 1.29 is 18.7 Å². The first-order chi connectivity index (χ1) is 14.9. The summed E-state index contributed by atoms with van der Waals surface area (Å²) in [5, 5.41) is 5.95. The van der Waals surface area contributed by atoms with E-state index in [4.69, 9.17) is 19.3 Å². The van der Waals surface area contributed by atoms with Gasteiger partial charge in [-0.3, -0.25) is 0 Å². The van der Waals surface area contributed by atoms with Crippen LogP contribution < -0.4 is 4.90 Å². The Morgan fingerprint density at radius 1 is 1.26 bits per heavy atom. The lowest BCUT2D eigenvalue weighted by atomic mass is 10.1. The number of aromatic nitrogens is 3. The third kappa shape index (κ3) is 5.80. The van der Waals surface area contributed by atoms with E-state index >= 15 is 0 Å². The number of benzene rings is 1. The molecule has 0 aliphatic carbocycles. The van der Waals surface area contributed by atoms with Crippen LogP contribution in [0.3, 0.4) is 0 Å². The maximum Gasteiger partial charge on any atom is 0.373 e. The second-order valence-corrected chi connectivity index (χ2v) is 9.86. The molecule has 0 bridgehead atoms. The van der Waals surface area contributed by atoms with E-state index in [1.165, 1.54) is 16.3 Å². The number of carbonyl (C=O) groups excluding carboxylic acids is 2. The van der Waals surface area contributed by atoms with E-state index in [0.29, 0.717) is 5.25 Å². The maximum atomic E-state index is 13.6. The Morgan fingerprint density at radius 2 is 1.97 bits per heavy atom. The molecular weight excluding hydrogens is 439 g/mol. The minimum Gasteiger partial charge on any atom is -0.378 e. The quantitative estimate of drug-likeness (QED) is 0.526. The molecule has 31 heavy (non-hydrogen) atoms. The summed E-state index contributed by atoms with van der Waals surface area (Å²) in [6, 6.07) is 6.61. The van der Waals surface area contributed by atoms with Gasteiger partial charge in [0.2, 0.25) is 5.13 Å². The van der Waals surface area contributed by atoms with Gasteiger partial charge < -0.3 is 9.64 Å². The van der Waals surface area contributed by atoms with Crippen LogP contribution in [0.2, 0.25) is 0 Å². The highest BCUT2D eigenvalue weighted by atomic mass is 32.2. The maximum absolute atomic E-state index is 13.6. The molecule has 1 aliphatic rings. The van der Waals surface area contributed by atoms with Gasteiger partial charge in [-0.25, -0.2) is 9.07 Å². The lowest BCUT2D eigenvalue weighted by Gasteiger charge is -2.27. The third-order valence-electron chi connectivity index (χ3n) is 4.45. The molecule has 2 aromatic heterocycles. The number of aryl methyl sites for hydroxylation is 1. The van der Waals surface area contributed by atoms with Crippen LogP contribution in [0.1, 0.15) is 19.5 Å². The molecule has 0 unspecified atom stereocenters. The van der Waals surface area contributed by atoms with E-state index in [1.54, 1.807) is 17.4 Å². The molecule has 3 heterocycles. The van der Waals surface area contributed by atoms with Crippen LogP contribution in [0.15, 0.2) is 34.7 Å². The van der Waals surface area contributed by atoms with Gasteiger partial charge in [-0.2, -0.15) is 19.7 Å². The zero-order valence-electron chi connectivity index (χ0n) is 17.5. The van der Waals surface area contributed by atoms with Gasteiger partial charge in [0.1, 0.15) is 10.0 Å². The standard InChI is InChI=1S/C20H23FN4OS2.CO2/c1-13(2)27-19-18(24-7-9-26-10-8-24)22-20(28-19)25-12-17(14(3)23-25)15-5-4-6-16(21)11-15;2-1-3/h4-6,11-13H,7-10H2,1-3H3;. The number of nitrogens with zero attached hydrogens (tertiary/aromatic N) is 4. The van der Waals surface area contributed by atoms with Gasteiger partial charge >= 0.3 is 6.15 Å². The Morgan fingerprint density at radius 3 is 2.61 bits per heavy atom. The Kier molecular flexibility index (Phi) is 7.97. The minimum atomic E-state index is -0.246. The Bertz CT molecular complexity index is 1050. The lowest BCUT2D eigenvalue weighted by molar-refractivity contribution is -0.191. The molecular formula is C21H23FN4O3S2. The normalized spacial score (nSPS) is 13.6. The molecule has 7 nitrogen and oxygen atoms in total. The Labute approximate surface area is 188 Å². The number of anilines is 1. The highest BCUT2D eigenvalue weighted by molar-refractivity contribution is 8.01. The second kappa shape index (κ2) is 10.7. The van der Waals surface area contributed by atoms with Crippen molar-refractivity contribution in [2.45, 2.75) is 30.2 Å². The molecule has 164 valence electrons. The molecule has 0 atom stereocenters. The van der Waals surface area contributed by atoms with Crippen molar-refractivity contribution in [3.63, 3.8) is 0 Å². The molecule has 3 aromatic rings. The van der Waals surface area contributed by atoms with Gasteiger partial charge in [-0.05, 0) is 24.6 Å². The topological polar surface area (TPSA) is 77.3 Å². The summed E-state index contributed by atoms with van der Waals surface area (Å²) in [5.74, 6) is 0.770. The van der Waals surface area contributed by atoms with Crippen molar-refractivity contribution in [1.29, 1.82) is 0 Å². The third-order valence-corrected chi connectivity index (χ3v) is 6.69. The van der Waals surface area contributed by atoms with Crippen LogP contribution in [-0.2, 0) is 14.3 Å². The molecule has 0 radical (unpaired) electrons. The number of hydrogen-bond donors (Lipinski definition) is 0. The lowest BCUT2D eigenvalue weighted by Crippen LogP contribution is -2.36. The molecule has 0 amide bonds. The first-order valence-electron chi connectivity index (χ1n) is 9.75. The van der Waals surface area contributed by atoms with Crippen LogP contribution in [-0.4, -0.2) is 52.5 Å². The predicted octanol–water partition coefficient (Wildman–Crippen LogP) is 4.20. The molecule has 1 aliphatic heterocycles. The Balaban J connectivity index is 0.000000858. The SMILES string of the molecule is Cc1nn(-c2nc(N3CCOCC3)c(SC(C)C)s2)cc1-c1cccc(F)c1.O=C=O. The fourth-order valence-corrected chi connectivity index (χ4v) is 5.60. The fraction of sp³-hybridized carbons (Fsp3) is 0.381. The molecule has 1 aromatic carbocycles. The zero-order chi connectivity index (χ0) is 22.4. The number of ether oxygens (including phenoxy) is 1. The Hall–Kier alpha value is -2.52. The van der Waals surface area contributed by atoms with Crippen molar-refractivity contribution in [3.8, 4) is 16.3 Å². The van der Waals surface area contributed by atoms with E-state index < -0.39 is 0 Å². The molecule has 1 saturated heterocycles. The van der Waals surface area contributed by atoms with Gasteiger partial charge in [0.25, 0.3) is 0 Å². The van der Waals surface area contributed by atoms with Gasteiger partial charge in [-0.15, -0.1) is 11.8 Å². The smallest absolute Gasteiger partial charge is 0.373 e. The van der Waals surface area contributed by atoms with Crippen molar-refractivity contribution >= 4 is 35.1 Å². The summed E-state index contributed by atoms with van der Waals surface area (Å²) in [7, 11) is 0. The van der Waals surface area contributed by atoms with Crippen LogP contribution in [0.4, 0.5) is 10.2 Å². The number of hydrogen-bond acceptors (Lipinski definition) is 8. The van der Waals surface area contributed by atoms with Gasteiger partial charge in [-0.1, -0.05) is 37.3 Å². The monoisotopic (exact) mass is 462 g/mol. The molecule has 0 saturated carbocycles. The average molecular weight is 463 g/mol. The number of halogens is 1. The largest absolute Gasteiger partial charge is 0.378 e. The van der Waals surface area contributed by atoms with E-state index in [1.807, 2.05) is 35.6 Å². The van der Waals surface area contributed by atoms with Gasteiger partial charge in [0, 0.05) is 30.1 Å². The summed E-state index contributed by atoms with van der Waals surface area (Å²) < 4.78 is 22.1. The number of rotatable bonds is 5. The van der Waals surface area contributed by atoms with Crippen molar-refractivity contribution in [1.82, 2.24) is 14.8 Å². The fourth-order valence-electron chi connectivity index (χ4n) is 3.15. The second-order valence-electron chi connectivity index (χ2n) is 7.04. The number of morpholine rings is 1. The average Bonchev–Trinajstić information content (AvgIpc) is 3.32. The summed E-state index contributed by atoms with van der Waals surface area (Å²) >= 11 is 3.48. The van der Waals surface area contributed by atoms with E-state index in [-0.39, 0.29) is 12.0 Å². The van der Waals surface area contributed by atoms with Crippen LogP contribution in [0.5, 0.6) is 0 Å². The van der Waals surface area contributed by atoms with Crippen molar-refractivity contribution in [2.24, 2.45) is 0 Å². The van der Waals surface area contributed by atoms with Crippen molar-refractivity contribution in [2.75, 3.05) is 31.2 Å². The van der Waals surface area contributed by atoms with E-state index in [0.717, 1.165) is 54.1 Å². The molecule has 0 N–H and O–H groups in total. The summed E-state index contributed by atoms with van der Waals surface area (Å²) in [4.78, 5) is 23.5. The summed E-state index contributed by atoms with van der Waals surface area (Å²) in [5.41, 5.74) is 2.60. The highest BCUT2D eigenvalue weighted by Gasteiger charge is 2.22. The van der Waals surface area contributed by atoms with Crippen molar-refractivity contribution in [3.05, 3.63) is 42.0 Å². The highest BCUT2D eigenvalue weighted by Crippen LogP contribution is 2.39. The number of thiazole rings is 1. The first kappa shape index (κ1) is 23.1. The summed E-state index contributed by atoms with van der Waals surface area (Å²) in [6.45, 7) is 9.47. The van der Waals surface area contributed by atoms with Gasteiger partial charge in [0.15, 0.2) is 5.82 Å². The van der Waals surface area contributed by atoms with Crippen LogP contribution in [0.25, 0.3) is 16.3 Å². The molecule has 0 spiro atoms. The van der Waals surface area contributed by atoms with E-state index in [2.05, 4.69) is 23.8 Å². The molecule has 4 rings (SSSR count). The summed E-state index contributed by atoms with van der Waals surface area (Å²) in [6.07, 6.45) is 2.19. The zero-order valence-corrected chi connectivity index (χ0v) is 19.1. The predicted molar refractivity (Wildman–Crippen MR) is 118 cm³/mol. The van der Waals surface area contributed by atoms with Gasteiger partial charge in [0.05, 0.1) is 18.9 Å². The van der Waals surface area contributed by atoms with Crippen LogP contribution in [0, 0.1) is 12.7 Å². The minimum absolute atomic E-state index is 0.246. The first-order valence-corrected chi connectivity index (χ1v) is 11.4. The molecule has 1 fully saturated rings. The number of thioether (sulfide) groups is 1. The van der Waals surface area contributed by atoms with Crippen LogP contribution >= 0.6 is 23.1 Å². The molecule has 10 heteroatoms. The van der Waals surface area contributed by atoms with E-state index in [9.17, 15) is 4.39 Å².